The summed E-state index contributed by atoms with van der Waals surface area (Å²) < 4.78 is 2.01. The maximum absolute atomic E-state index is 9.14. The van der Waals surface area contributed by atoms with Gasteiger partial charge in [-0.05, 0) is 27.7 Å². The second-order valence-electron chi connectivity index (χ2n) is 3.95. The quantitative estimate of drug-likeness (QED) is 0.763. The van der Waals surface area contributed by atoms with E-state index in [-0.39, 0.29) is 6.10 Å². The van der Waals surface area contributed by atoms with E-state index in [4.69, 9.17) is 5.11 Å². The molecule has 0 aliphatic carbocycles. The highest BCUT2D eigenvalue weighted by atomic mass is 16.3. The molecule has 0 amide bonds. The Balaban J connectivity index is 2.64. The molecule has 15 heavy (non-hydrogen) atoms. The third-order valence-corrected chi connectivity index (χ3v) is 2.57. The predicted molar refractivity (Wildman–Crippen MR) is 60.8 cm³/mol. The van der Waals surface area contributed by atoms with Gasteiger partial charge in [-0.1, -0.05) is 0 Å². The van der Waals surface area contributed by atoms with Crippen LogP contribution < -0.4 is 5.32 Å². The Morgan fingerprint density at radius 1 is 1.47 bits per heavy atom. The molecule has 1 heterocycles. The zero-order valence-corrected chi connectivity index (χ0v) is 10.0. The van der Waals surface area contributed by atoms with Crippen LogP contribution in [0.1, 0.15) is 30.8 Å². The summed E-state index contributed by atoms with van der Waals surface area (Å²) in [7, 11) is 0. The van der Waals surface area contributed by atoms with E-state index < -0.39 is 0 Å². The molecule has 0 aliphatic rings. The lowest BCUT2D eigenvalue weighted by Gasteiger charge is -2.07. The van der Waals surface area contributed by atoms with Crippen molar-refractivity contribution in [1.82, 2.24) is 15.1 Å². The summed E-state index contributed by atoms with van der Waals surface area (Å²) in [5, 5.41) is 16.8. The van der Waals surface area contributed by atoms with E-state index in [1.165, 1.54) is 11.3 Å². The van der Waals surface area contributed by atoms with E-state index in [9.17, 15) is 0 Å². The van der Waals surface area contributed by atoms with Crippen molar-refractivity contribution in [3.05, 3.63) is 17.0 Å². The maximum Gasteiger partial charge on any atom is 0.0641 e. The largest absolute Gasteiger partial charge is 0.392 e. The molecule has 0 bridgehead atoms. The van der Waals surface area contributed by atoms with Crippen molar-refractivity contribution in [3.63, 3.8) is 0 Å². The van der Waals surface area contributed by atoms with E-state index in [2.05, 4.69) is 24.3 Å². The smallest absolute Gasteiger partial charge is 0.0641 e. The highest BCUT2D eigenvalue weighted by Gasteiger charge is 2.09. The van der Waals surface area contributed by atoms with Crippen LogP contribution in [0.3, 0.4) is 0 Å². The van der Waals surface area contributed by atoms with E-state index >= 15 is 0 Å². The van der Waals surface area contributed by atoms with Crippen molar-refractivity contribution in [2.75, 3.05) is 6.54 Å². The van der Waals surface area contributed by atoms with Crippen molar-refractivity contribution < 1.29 is 5.11 Å². The normalized spacial score (nSPS) is 13.1. The van der Waals surface area contributed by atoms with Gasteiger partial charge >= 0.3 is 0 Å². The van der Waals surface area contributed by atoms with Crippen molar-refractivity contribution in [2.24, 2.45) is 0 Å². The molecule has 0 fully saturated rings. The molecule has 1 atom stereocenters. The summed E-state index contributed by atoms with van der Waals surface area (Å²) in [6.45, 7) is 10.3. The van der Waals surface area contributed by atoms with E-state index in [1.807, 2.05) is 11.6 Å². The van der Waals surface area contributed by atoms with Crippen LogP contribution in [0, 0.1) is 13.8 Å². The van der Waals surface area contributed by atoms with Gasteiger partial charge in [0, 0.05) is 30.9 Å². The molecule has 0 radical (unpaired) electrons. The fourth-order valence-corrected chi connectivity index (χ4v) is 1.70. The zero-order chi connectivity index (χ0) is 11.4. The standard InChI is InChI=1S/C11H21N3O/c1-5-14-10(4)11(9(3)13-14)7-12-6-8(2)15/h8,12,15H,5-7H2,1-4H3/t8-/m1/s1. The van der Waals surface area contributed by atoms with Gasteiger partial charge in [-0.15, -0.1) is 0 Å². The molecule has 0 saturated heterocycles. The van der Waals surface area contributed by atoms with Crippen LogP contribution >= 0.6 is 0 Å². The molecule has 2 N–H and O–H groups in total. The van der Waals surface area contributed by atoms with Gasteiger partial charge in [0.25, 0.3) is 0 Å². The van der Waals surface area contributed by atoms with Gasteiger partial charge in [0.2, 0.25) is 0 Å². The SMILES string of the molecule is CCn1nc(C)c(CNC[C@@H](C)O)c1C. The van der Waals surface area contributed by atoms with Crippen LogP contribution in [0.25, 0.3) is 0 Å². The van der Waals surface area contributed by atoms with Gasteiger partial charge in [-0.3, -0.25) is 4.68 Å². The summed E-state index contributed by atoms with van der Waals surface area (Å²) >= 11 is 0. The van der Waals surface area contributed by atoms with Gasteiger partial charge in [-0.25, -0.2) is 0 Å². The van der Waals surface area contributed by atoms with Crippen LogP contribution in [0.5, 0.6) is 0 Å². The minimum absolute atomic E-state index is 0.299. The van der Waals surface area contributed by atoms with Crippen molar-refractivity contribution in [1.29, 1.82) is 0 Å². The first kappa shape index (κ1) is 12.2. The Hall–Kier alpha value is -0.870. The predicted octanol–water partition coefficient (Wildman–Crippen LogP) is 0.990. The summed E-state index contributed by atoms with van der Waals surface area (Å²) in [5.74, 6) is 0. The summed E-state index contributed by atoms with van der Waals surface area (Å²) in [6, 6.07) is 0. The molecule has 86 valence electrons. The molecule has 0 saturated carbocycles. The van der Waals surface area contributed by atoms with E-state index in [0.29, 0.717) is 6.54 Å². The highest BCUT2D eigenvalue weighted by Crippen LogP contribution is 2.12. The number of hydrogen-bond donors (Lipinski definition) is 2. The molecular weight excluding hydrogens is 190 g/mol. The lowest BCUT2D eigenvalue weighted by atomic mass is 10.2. The number of aliphatic hydroxyl groups excluding tert-OH is 1. The molecule has 0 aromatic carbocycles. The number of nitrogens with zero attached hydrogens (tertiary/aromatic N) is 2. The van der Waals surface area contributed by atoms with Crippen molar-refractivity contribution in [3.8, 4) is 0 Å². The maximum atomic E-state index is 9.14. The van der Waals surface area contributed by atoms with Gasteiger partial charge in [0.05, 0.1) is 11.8 Å². The zero-order valence-electron chi connectivity index (χ0n) is 10.0. The van der Waals surface area contributed by atoms with Crippen LogP contribution in [0.2, 0.25) is 0 Å². The number of aliphatic hydroxyl groups is 1. The second-order valence-corrected chi connectivity index (χ2v) is 3.95. The number of aromatic nitrogens is 2. The lowest BCUT2D eigenvalue weighted by Crippen LogP contribution is -2.24. The third-order valence-electron chi connectivity index (χ3n) is 2.57. The minimum Gasteiger partial charge on any atom is -0.392 e. The molecule has 1 aromatic heterocycles. The molecule has 0 spiro atoms. The van der Waals surface area contributed by atoms with Crippen LogP contribution in [-0.2, 0) is 13.1 Å². The molecular formula is C11H21N3O. The minimum atomic E-state index is -0.299. The summed E-state index contributed by atoms with van der Waals surface area (Å²) in [4.78, 5) is 0. The molecule has 4 heteroatoms. The number of rotatable bonds is 5. The van der Waals surface area contributed by atoms with Gasteiger partial charge < -0.3 is 10.4 Å². The van der Waals surface area contributed by atoms with Gasteiger partial charge in [0.1, 0.15) is 0 Å². The molecule has 1 aromatic rings. The van der Waals surface area contributed by atoms with Crippen LogP contribution in [0.4, 0.5) is 0 Å². The first-order valence-electron chi connectivity index (χ1n) is 5.48. The Bertz CT molecular complexity index is 318. The van der Waals surface area contributed by atoms with Gasteiger partial charge in [-0.2, -0.15) is 5.10 Å². The number of hydrogen-bond acceptors (Lipinski definition) is 3. The van der Waals surface area contributed by atoms with Crippen molar-refractivity contribution >= 4 is 0 Å². The highest BCUT2D eigenvalue weighted by molar-refractivity contribution is 5.24. The molecule has 0 aliphatic heterocycles. The fourth-order valence-electron chi connectivity index (χ4n) is 1.70. The summed E-state index contributed by atoms with van der Waals surface area (Å²) in [5.41, 5.74) is 3.54. The Kier molecular flexibility index (Phi) is 4.29. The monoisotopic (exact) mass is 211 g/mol. The number of aryl methyl sites for hydroxylation is 2. The number of nitrogens with one attached hydrogen (secondary N) is 1. The molecule has 0 unspecified atom stereocenters. The lowest BCUT2D eigenvalue weighted by molar-refractivity contribution is 0.191. The van der Waals surface area contributed by atoms with Crippen LogP contribution in [-0.4, -0.2) is 27.5 Å². The average Bonchev–Trinajstić information content (AvgIpc) is 2.44. The average molecular weight is 211 g/mol. The molecule has 4 nitrogen and oxygen atoms in total. The second kappa shape index (κ2) is 5.28. The Morgan fingerprint density at radius 3 is 2.60 bits per heavy atom. The van der Waals surface area contributed by atoms with E-state index in [0.717, 1.165) is 18.8 Å². The Morgan fingerprint density at radius 2 is 2.13 bits per heavy atom. The Labute approximate surface area is 91.3 Å². The first-order chi connectivity index (χ1) is 7.06. The fraction of sp³-hybridized carbons (Fsp3) is 0.727. The van der Waals surface area contributed by atoms with Gasteiger partial charge in [0.15, 0.2) is 0 Å². The van der Waals surface area contributed by atoms with Crippen LogP contribution in [0.15, 0.2) is 0 Å². The van der Waals surface area contributed by atoms with E-state index in [1.54, 1.807) is 6.92 Å². The first-order valence-corrected chi connectivity index (χ1v) is 5.48. The molecule has 1 rings (SSSR count). The summed E-state index contributed by atoms with van der Waals surface area (Å²) in [6.07, 6.45) is -0.299. The van der Waals surface area contributed by atoms with Crippen molar-refractivity contribution in [2.45, 2.75) is 46.9 Å². The third kappa shape index (κ3) is 3.04. The topological polar surface area (TPSA) is 50.1 Å².